The van der Waals surface area contributed by atoms with Crippen molar-refractivity contribution in [3.05, 3.63) is 11.1 Å². The number of aliphatic hydroxyl groups is 1. The Kier molecular flexibility index (Phi) is 2.39. The number of hydrogen-bond donors (Lipinski definition) is 2. The van der Waals surface area contributed by atoms with Crippen molar-refractivity contribution in [3.63, 3.8) is 0 Å². The lowest BCUT2D eigenvalue weighted by atomic mass is 10.0. The van der Waals surface area contributed by atoms with Crippen molar-refractivity contribution in [2.75, 3.05) is 25.4 Å². The molecule has 0 spiro atoms. The number of nitrogens with two attached hydrogens (primary N) is 1. The lowest BCUT2D eigenvalue weighted by Gasteiger charge is -2.37. The van der Waals surface area contributed by atoms with Crippen molar-refractivity contribution in [3.8, 4) is 0 Å². The molecule has 1 saturated heterocycles. The van der Waals surface area contributed by atoms with Crippen molar-refractivity contribution < 1.29 is 9.90 Å². The van der Waals surface area contributed by atoms with E-state index in [0.29, 0.717) is 23.9 Å². The monoisotopic (exact) mass is 213 g/mol. The van der Waals surface area contributed by atoms with Gasteiger partial charge in [-0.2, -0.15) is 0 Å². The summed E-state index contributed by atoms with van der Waals surface area (Å²) in [5.74, 6) is 0.137. The predicted octanol–water partition coefficient (Wildman–Crippen LogP) is -0.210. The van der Waals surface area contributed by atoms with Crippen LogP contribution < -0.4 is 5.73 Å². The smallest absolute Gasteiger partial charge is 0.273 e. The molecule has 6 heteroatoms. The van der Waals surface area contributed by atoms with Crippen LogP contribution in [-0.2, 0) is 0 Å². The first kappa shape index (κ1) is 9.42. The molecule has 1 aliphatic heterocycles. The number of amides is 1. The van der Waals surface area contributed by atoms with Crippen LogP contribution in [0, 0.1) is 5.92 Å². The van der Waals surface area contributed by atoms with Gasteiger partial charge in [0.2, 0.25) is 0 Å². The normalized spacial score (nSPS) is 16.8. The maximum Gasteiger partial charge on any atom is 0.273 e. The molecule has 1 aromatic rings. The highest BCUT2D eigenvalue weighted by Gasteiger charge is 2.31. The fraction of sp³-hybridized carbons (Fsp3) is 0.500. The van der Waals surface area contributed by atoms with Gasteiger partial charge in [-0.05, 0) is 0 Å². The Hall–Kier alpha value is -1.14. The van der Waals surface area contributed by atoms with Crippen LogP contribution in [0.4, 0.5) is 5.13 Å². The van der Waals surface area contributed by atoms with Gasteiger partial charge in [0.1, 0.15) is 5.69 Å². The Morgan fingerprint density at radius 1 is 1.79 bits per heavy atom. The molecule has 0 bridgehead atoms. The molecule has 0 atom stereocenters. The summed E-state index contributed by atoms with van der Waals surface area (Å²) in [7, 11) is 0. The third-order valence-electron chi connectivity index (χ3n) is 2.24. The van der Waals surface area contributed by atoms with Crippen molar-refractivity contribution in [1.82, 2.24) is 9.88 Å². The van der Waals surface area contributed by atoms with E-state index in [-0.39, 0.29) is 18.4 Å². The van der Waals surface area contributed by atoms with Gasteiger partial charge in [-0.15, -0.1) is 11.3 Å². The molecule has 1 aromatic heterocycles. The summed E-state index contributed by atoms with van der Waals surface area (Å²) in [6.07, 6.45) is 0. The summed E-state index contributed by atoms with van der Waals surface area (Å²) in [6, 6.07) is 0. The Labute approximate surface area is 85.2 Å². The number of nitrogen functional groups attached to an aromatic ring is 1. The van der Waals surface area contributed by atoms with Crippen molar-refractivity contribution in [1.29, 1.82) is 0 Å². The minimum atomic E-state index is -0.0948. The van der Waals surface area contributed by atoms with Gasteiger partial charge in [0.15, 0.2) is 5.13 Å². The van der Waals surface area contributed by atoms with Crippen LogP contribution >= 0.6 is 11.3 Å². The lowest BCUT2D eigenvalue weighted by molar-refractivity contribution is 0.0357. The van der Waals surface area contributed by atoms with Crippen LogP contribution in [0.2, 0.25) is 0 Å². The zero-order valence-corrected chi connectivity index (χ0v) is 8.33. The van der Waals surface area contributed by atoms with Gasteiger partial charge < -0.3 is 15.7 Å². The highest BCUT2D eigenvalue weighted by Crippen LogP contribution is 2.19. The van der Waals surface area contributed by atoms with Gasteiger partial charge in [0.25, 0.3) is 5.91 Å². The summed E-state index contributed by atoms with van der Waals surface area (Å²) in [5, 5.41) is 10.9. The second-order valence-electron chi connectivity index (χ2n) is 3.33. The molecule has 0 aliphatic carbocycles. The summed E-state index contributed by atoms with van der Waals surface area (Å²) in [5.41, 5.74) is 5.83. The van der Waals surface area contributed by atoms with E-state index < -0.39 is 0 Å². The van der Waals surface area contributed by atoms with E-state index in [1.54, 1.807) is 10.3 Å². The average Bonchev–Trinajstić information content (AvgIpc) is 2.49. The topological polar surface area (TPSA) is 79.5 Å². The molecule has 2 heterocycles. The minimum absolute atomic E-state index is 0.0948. The van der Waals surface area contributed by atoms with Crippen molar-refractivity contribution in [2.24, 2.45) is 5.92 Å². The predicted molar refractivity (Wildman–Crippen MR) is 53.0 cm³/mol. The molecule has 0 saturated carbocycles. The number of nitrogens with zero attached hydrogens (tertiary/aromatic N) is 2. The lowest BCUT2D eigenvalue weighted by Crippen LogP contribution is -2.51. The second kappa shape index (κ2) is 3.55. The maximum absolute atomic E-state index is 11.6. The van der Waals surface area contributed by atoms with E-state index >= 15 is 0 Å². The second-order valence-corrected chi connectivity index (χ2v) is 4.22. The number of hydrogen-bond acceptors (Lipinski definition) is 5. The summed E-state index contributed by atoms with van der Waals surface area (Å²) in [6.45, 7) is 1.38. The van der Waals surface area contributed by atoms with Crippen LogP contribution in [0.3, 0.4) is 0 Å². The summed E-state index contributed by atoms with van der Waals surface area (Å²) >= 11 is 1.26. The molecule has 1 fully saturated rings. The van der Waals surface area contributed by atoms with Gasteiger partial charge in [0.05, 0.1) is 0 Å². The molecular weight excluding hydrogens is 202 g/mol. The van der Waals surface area contributed by atoms with Gasteiger partial charge in [-0.1, -0.05) is 0 Å². The van der Waals surface area contributed by atoms with Crippen molar-refractivity contribution >= 4 is 22.4 Å². The first-order chi connectivity index (χ1) is 6.70. The van der Waals surface area contributed by atoms with E-state index in [9.17, 15) is 4.79 Å². The van der Waals surface area contributed by atoms with Gasteiger partial charge >= 0.3 is 0 Å². The first-order valence-corrected chi connectivity index (χ1v) is 5.20. The molecule has 0 unspecified atom stereocenters. The number of carbonyl (C=O) groups is 1. The fourth-order valence-electron chi connectivity index (χ4n) is 1.40. The van der Waals surface area contributed by atoms with Gasteiger partial charge in [-0.25, -0.2) is 4.98 Å². The maximum atomic E-state index is 11.6. The molecule has 3 N–H and O–H groups in total. The van der Waals surface area contributed by atoms with Crippen molar-refractivity contribution in [2.45, 2.75) is 0 Å². The number of anilines is 1. The molecule has 1 aliphatic rings. The standard InChI is InChI=1S/C8H11N3O2S/c9-8-10-6(4-14-8)7(13)11-1-5(2-11)3-12/h4-5,12H,1-3H2,(H2,9,10). The SMILES string of the molecule is Nc1nc(C(=O)N2CC(CO)C2)cs1. The van der Waals surface area contributed by atoms with E-state index in [1.807, 2.05) is 0 Å². The fourth-order valence-corrected chi connectivity index (χ4v) is 1.94. The molecule has 76 valence electrons. The Bertz CT molecular complexity index is 346. The number of thiazole rings is 1. The first-order valence-electron chi connectivity index (χ1n) is 4.32. The molecule has 2 rings (SSSR count). The van der Waals surface area contributed by atoms with E-state index in [2.05, 4.69) is 4.98 Å². The number of rotatable bonds is 2. The Morgan fingerprint density at radius 2 is 2.50 bits per heavy atom. The third kappa shape index (κ3) is 1.58. The van der Waals surface area contributed by atoms with Crippen LogP contribution in [0.15, 0.2) is 5.38 Å². The summed E-state index contributed by atoms with van der Waals surface area (Å²) < 4.78 is 0. The van der Waals surface area contributed by atoms with E-state index in [1.165, 1.54) is 11.3 Å². The molecular formula is C8H11N3O2S. The third-order valence-corrected chi connectivity index (χ3v) is 2.92. The molecule has 1 amide bonds. The number of aromatic nitrogens is 1. The van der Waals surface area contributed by atoms with Crippen LogP contribution in [-0.4, -0.2) is 40.6 Å². The molecule has 0 radical (unpaired) electrons. The highest BCUT2D eigenvalue weighted by molar-refractivity contribution is 7.13. The Morgan fingerprint density at radius 3 is 3.00 bits per heavy atom. The Balaban J connectivity index is 1.97. The molecule has 14 heavy (non-hydrogen) atoms. The van der Waals surface area contributed by atoms with Crippen LogP contribution in [0.1, 0.15) is 10.5 Å². The number of likely N-dealkylation sites (tertiary alicyclic amines) is 1. The number of carbonyl (C=O) groups excluding carboxylic acids is 1. The highest BCUT2D eigenvalue weighted by atomic mass is 32.1. The summed E-state index contributed by atoms with van der Waals surface area (Å²) in [4.78, 5) is 17.2. The average molecular weight is 213 g/mol. The zero-order chi connectivity index (χ0) is 10.1. The number of aliphatic hydroxyl groups excluding tert-OH is 1. The zero-order valence-electron chi connectivity index (χ0n) is 7.51. The van der Waals surface area contributed by atoms with E-state index in [4.69, 9.17) is 10.8 Å². The molecule has 5 nitrogen and oxygen atoms in total. The van der Waals surface area contributed by atoms with Gasteiger partial charge in [-0.3, -0.25) is 4.79 Å². The quantitative estimate of drug-likeness (QED) is 0.712. The minimum Gasteiger partial charge on any atom is -0.396 e. The van der Waals surface area contributed by atoms with E-state index in [0.717, 1.165) is 0 Å². The van der Waals surface area contributed by atoms with Crippen LogP contribution in [0.25, 0.3) is 0 Å². The van der Waals surface area contributed by atoms with Crippen LogP contribution in [0.5, 0.6) is 0 Å². The molecule has 0 aromatic carbocycles. The van der Waals surface area contributed by atoms with Gasteiger partial charge in [0, 0.05) is 31.0 Å². The largest absolute Gasteiger partial charge is 0.396 e.